The second-order valence-electron chi connectivity index (χ2n) is 5.76. The number of aliphatic hydroxyl groups is 1. The fraction of sp³-hybridized carbons (Fsp3) is 0.353. The molecule has 1 aliphatic rings. The van der Waals surface area contributed by atoms with Crippen molar-refractivity contribution in [2.45, 2.75) is 18.9 Å². The van der Waals surface area contributed by atoms with Gasteiger partial charge < -0.3 is 10.0 Å². The summed E-state index contributed by atoms with van der Waals surface area (Å²) in [7, 11) is 0. The second kappa shape index (κ2) is 6.83. The number of carbonyl (C=O) groups excluding carboxylic acids is 1. The minimum absolute atomic E-state index is 0.0605. The van der Waals surface area contributed by atoms with Crippen molar-refractivity contribution in [3.63, 3.8) is 0 Å². The monoisotopic (exact) mass is 315 g/mol. The average Bonchev–Trinajstić information content (AvgIpc) is 2.62. The van der Waals surface area contributed by atoms with Crippen LogP contribution in [0.3, 0.4) is 0 Å². The number of likely N-dealkylation sites (tertiary alicyclic amines) is 1. The first-order valence-electron chi connectivity index (χ1n) is 7.64. The predicted molar refractivity (Wildman–Crippen MR) is 82.0 cm³/mol. The average molecular weight is 315 g/mol. The zero-order valence-electron chi connectivity index (χ0n) is 12.6. The number of benzene rings is 1. The Bertz CT molecular complexity index is 655. The summed E-state index contributed by atoms with van der Waals surface area (Å²) in [5, 5.41) is 17.8. The fourth-order valence-corrected chi connectivity index (χ4v) is 2.95. The highest BCUT2D eigenvalue weighted by molar-refractivity contribution is 5.93. The van der Waals surface area contributed by atoms with Crippen molar-refractivity contribution >= 4 is 5.91 Å². The summed E-state index contributed by atoms with van der Waals surface area (Å²) >= 11 is 0. The molecule has 2 heterocycles. The van der Waals surface area contributed by atoms with Gasteiger partial charge >= 0.3 is 0 Å². The lowest BCUT2D eigenvalue weighted by molar-refractivity contribution is 0.0461. The van der Waals surface area contributed by atoms with Crippen molar-refractivity contribution in [1.82, 2.24) is 15.1 Å². The minimum Gasteiger partial charge on any atom is -0.388 e. The van der Waals surface area contributed by atoms with Gasteiger partial charge in [-0.25, -0.2) is 4.39 Å². The van der Waals surface area contributed by atoms with Crippen LogP contribution in [-0.2, 0) is 0 Å². The highest BCUT2D eigenvalue weighted by Crippen LogP contribution is 2.31. The van der Waals surface area contributed by atoms with Crippen LogP contribution in [0.1, 0.15) is 34.9 Å². The lowest BCUT2D eigenvalue weighted by Gasteiger charge is -2.34. The minimum atomic E-state index is -0.629. The maximum Gasteiger partial charge on any atom is 0.255 e. The molecule has 6 heteroatoms. The Kier molecular flexibility index (Phi) is 4.62. The van der Waals surface area contributed by atoms with Crippen molar-refractivity contribution in [3.8, 4) is 0 Å². The van der Waals surface area contributed by atoms with Gasteiger partial charge in [0.15, 0.2) is 0 Å². The van der Waals surface area contributed by atoms with E-state index < -0.39 is 6.10 Å². The quantitative estimate of drug-likeness (QED) is 0.943. The van der Waals surface area contributed by atoms with Gasteiger partial charge in [-0.15, -0.1) is 0 Å². The number of aliphatic hydroxyl groups excluding tert-OH is 1. The van der Waals surface area contributed by atoms with E-state index in [2.05, 4.69) is 10.2 Å². The molecule has 0 spiro atoms. The molecule has 0 aliphatic carbocycles. The first-order chi connectivity index (χ1) is 11.1. The second-order valence-corrected chi connectivity index (χ2v) is 5.76. The highest BCUT2D eigenvalue weighted by atomic mass is 19.1. The molecule has 1 unspecified atom stereocenters. The molecule has 1 aromatic carbocycles. The number of halogens is 1. The zero-order chi connectivity index (χ0) is 16.2. The number of carbonyl (C=O) groups is 1. The third-order valence-corrected chi connectivity index (χ3v) is 4.32. The van der Waals surface area contributed by atoms with Crippen LogP contribution in [0.5, 0.6) is 0 Å². The van der Waals surface area contributed by atoms with Crippen molar-refractivity contribution in [3.05, 3.63) is 59.7 Å². The van der Waals surface area contributed by atoms with Crippen LogP contribution in [0, 0.1) is 11.7 Å². The van der Waals surface area contributed by atoms with E-state index in [0.717, 1.165) is 5.56 Å². The molecule has 23 heavy (non-hydrogen) atoms. The Morgan fingerprint density at radius 1 is 1.17 bits per heavy atom. The largest absolute Gasteiger partial charge is 0.388 e. The molecule has 1 aromatic heterocycles. The Balaban J connectivity index is 1.60. The molecule has 1 N–H and O–H groups in total. The van der Waals surface area contributed by atoms with Gasteiger partial charge in [0.1, 0.15) is 5.82 Å². The maximum atomic E-state index is 13.0. The normalized spacial score (nSPS) is 17.0. The molecular weight excluding hydrogens is 297 g/mol. The topological polar surface area (TPSA) is 66.3 Å². The van der Waals surface area contributed by atoms with Gasteiger partial charge in [0.25, 0.3) is 5.91 Å². The number of rotatable bonds is 3. The molecule has 1 saturated heterocycles. The molecule has 1 amide bonds. The van der Waals surface area contributed by atoms with Crippen LogP contribution >= 0.6 is 0 Å². The van der Waals surface area contributed by atoms with Crippen LogP contribution in [0.25, 0.3) is 0 Å². The van der Waals surface area contributed by atoms with Crippen molar-refractivity contribution in [2.24, 2.45) is 5.92 Å². The Labute approximate surface area is 133 Å². The van der Waals surface area contributed by atoms with Crippen LogP contribution in [0.4, 0.5) is 4.39 Å². The molecule has 1 fully saturated rings. The first kappa shape index (κ1) is 15.6. The summed E-state index contributed by atoms with van der Waals surface area (Å²) < 4.78 is 13.0. The van der Waals surface area contributed by atoms with Crippen molar-refractivity contribution < 1.29 is 14.3 Å². The lowest BCUT2D eigenvalue weighted by Crippen LogP contribution is -2.39. The summed E-state index contributed by atoms with van der Waals surface area (Å²) in [5.41, 5.74) is 1.24. The van der Waals surface area contributed by atoms with Gasteiger partial charge in [0.05, 0.1) is 24.1 Å². The molecule has 0 radical (unpaired) electrons. The SMILES string of the molecule is O=C(c1ccnnc1)N1CCC(C(O)c2ccc(F)cc2)CC1. The van der Waals surface area contributed by atoms with Gasteiger partial charge in [0.2, 0.25) is 0 Å². The molecule has 0 saturated carbocycles. The number of amides is 1. The summed E-state index contributed by atoms with van der Waals surface area (Å²) in [6.45, 7) is 1.17. The smallest absolute Gasteiger partial charge is 0.255 e. The van der Waals surface area contributed by atoms with Crippen LogP contribution in [0.2, 0.25) is 0 Å². The number of piperidine rings is 1. The number of hydrogen-bond acceptors (Lipinski definition) is 4. The Hall–Kier alpha value is -2.34. The molecule has 0 bridgehead atoms. The van der Waals surface area contributed by atoms with E-state index in [1.165, 1.54) is 24.5 Å². The number of hydrogen-bond donors (Lipinski definition) is 1. The van der Waals surface area contributed by atoms with Crippen LogP contribution in [-0.4, -0.2) is 39.2 Å². The summed E-state index contributed by atoms with van der Waals surface area (Å²) in [4.78, 5) is 14.1. The molecule has 3 rings (SSSR count). The molecular formula is C17H18FN3O2. The van der Waals surface area contributed by atoms with Crippen LogP contribution < -0.4 is 0 Å². The van der Waals surface area contributed by atoms with E-state index in [0.29, 0.717) is 31.5 Å². The molecule has 120 valence electrons. The van der Waals surface area contributed by atoms with E-state index in [-0.39, 0.29) is 17.6 Å². The molecule has 5 nitrogen and oxygen atoms in total. The Morgan fingerprint density at radius 2 is 1.87 bits per heavy atom. The molecule has 1 atom stereocenters. The first-order valence-corrected chi connectivity index (χ1v) is 7.64. The van der Waals surface area contributed by atoms with Crippen molar-refractivity contribution in [1.29, 1.82) is 0 Å². The summed E-state index contributed by atoms with van der Waals surface area (Å²) in [5.74, 6) is -0.304. The van der Waals surface area contributed by atoms with Gasteiger partial charge in [-0.3, -0.25) is 4.79 Å². The highest BCUT2D eigenvalue weighted by Gasteiger charge is 2.28. The Morgan fingerprint density at radius 3 is 2.48 bits per heavy atom. The van der Waals surface area contributed by atoms with Crippen LogP contribution in [0.15, 0.2) is 42.7 Å². The van der Waals surface area contributed by atoms with Gasteiger partial charge in [0, 0.05) is 13.1 Å². The zero-order valence-corrected chi connectivity index (χ0v) is 12.6. The number of nitrogens with zero attached hydrogens (tertiary/aromatic N) is 3. The van der Waals surface area contributed by atoms with Gasteiger partial charge in [-0.1, -0.05) is 12.1 Å². The summed E-state index contributed by atoms with van der Waals surface area (Å²) in [6.07, 6.45) is 3.75. The fourth-order valence-electron chi connectivity index (χ4n) is 2.95. The maximum absolute atomic E-state index is 13.0. The number of aromatic nitrogens is 2. The lowest BCUT2D eigenvalue weighted by atomic mass is 9.87. The van der Waals surface area contributed by atoms with E-state index in [9.17, 15) is 14.3 Å². The van der Waals surface area contributed by atoms with Gasteiger partial charge in [-0.05, 0) is 42.5 Å². The predicted octanol–water partition coefficient (Wildman–Crippen LogP) is 2.20. The van der Waals surface area contributed by atoms with Crippen molar-refractivity contribution in [2.75, 3.05) is 13.1 Å². The third kappa shape index (κ3) is 3.53. The standard InChI is InChI=1S/C17H18FN3O2/c18-15-3-1-12(2-4-15)16(22)13-6-9-21(10-7-13)17(23)14-5-8-19-20-11-14/h1-5,8,11,13,16,22H,6-7,9-10H2. The van der Waals surface area contributed by atoms with Gasteiger partial charge in [-0.2, -0.15) is 10.2 Å². The van der Waals surface area contributed by atoms with E-state index in [4.69, 9.17) is 0 Å². The molecule has 1 aliphatic heterocycles. The summed E-state index contributed by atoms with van der Waals surface area (Å²) in [6, 6.07) is 7.58. The van der Waals surface area contributed by atoms with E-state index >= 15 is 0 Å². The van der Waals surface area contributed by atoms with E-state index in [1.807, 2.05) is 0 Å². The molecule has 2 aromatic rings. The third-order valence-electron chi connectivity index (χ3n) is 4.32. The van der Waals surface area contributed by atoms with E-state index in [1.54, 1.807) is 23.1 Å².